The summed E-state index contributed by atoms with van der Waals surface area (Å²) in [6.45, 7) is 9.24. The van der Waals surface area contributed by atoms with Crippen molar-refractivity contribution in [3.8, 4) is 6.07 Å². The fourth-order valence-electron chi connectivity index (χ4n) is 3.47. The van der Waals surface area contributed by atoms with Gasteiger partial charge in [0.05, 0.1) is 11.7 Å². The zero-order valence-electron chi connectivity index (χ0n) is 17.6. The van der Waals surface area contributed by atoms with Gasteiger partial charge in [-0.15, -0.1) is 5.10 Å². The van der Waals surface area contributed by atoms with Crippen molar-refractivity contribution in [2.24, 2.45) is 0 Å². The maximum absolute atomic E-state index is 12.0. The number of benzene rings is 1. The predicted octanol–water partition coefficient (Wildman–Crippen LogP) is 4.80. The van der Waals surface area contributed by atoms with Crippen molar-refractivity contribution in [2.45, 2.75) is 65.5 Å². The lowest BCUT2D eigenvalue weighted by molar-refractivity contribution is 0.0636. The molecule has 1 aromatic carbocycles. The van der Waals surface area contributed by atoms with E-state index in [9.17, 15) is 10.1 Å². The summed E-state index contributed by atoms with van der Waals surface area (Å²) in [7, 11) is 0. The maximum atomic E-state index is 12.0. The number of fused-ring (bicyclic) bond motifs is 1. The number of carbonyl (C=O) groups is 1. The van der Waals surface area contributed by atoms with E-state index in [1.807, 2.05) is 52.8 Å². The molecule has 1 unspecified atom stereocenters. The van der Waals surface area contributed by atoms with Crippen LogP contribution in [0.5, 0.6) is 0 Å². The molecule has 152 valence electrons. The third-order valence-electron chi connectivity index (χ3n) is 4.98. The molecule has 0 fully saturated rings. The van der Waals surface area contributed by atoms with Gasteiger partial charge in [-0.05, 0) is 82.7 Å². The Kier molecular flexibility index (Phi) is 5.73. The van der Waals surface area contributed by atoms with Gasteiger partial charge in [-0.25, -0.2) is 4.79 Å². The third kappa shape index (κ3) is 4.83. The van der Waals surface area contributed by atoms with Gasteiger partial charge in [0.15, 0.2) is 5.82 Å². The lowest BCUT2D eigenvalue weighted by Gasteiger charge is -2.28. The number of nitriles is 1. The molecule has 0 spiro atoms. The van der Waals surface area contributed by atoms with Crippen LogP contribution in [-0.2, 0) is 11.2 Å². The van der Waals surface area contributed by atoms with Crippen LogP contribution < -0.4 is 10.6 Å². The zero-order chi connectivity index (χ0) is 21.2. The summed E-state index contributed by atoms with van der Waals surface area (Å²) in [5, 5.41) is 24.1. The van der Waals surface area contributed by atoms with E-state index in [0.29, 0.717) is 17.1 Å². The highest BCUT2D eigenvalue weighted by Gasteiger charge is 2.23. The molecule has 1 heterocycles. The fraction of sp³-hybridized carbons (Fsp3) is 0.455. The minimum absolute atomic E-state index is 0.0397. The first-order valence-electron chi connectivity index (χ1n) is 9.81. The van der Waals surface area contributed by atoms with Crippen molar-refractivity contribution in [3.63, 3.8) is 0 Å². The van der Waals surface area contributed by atoms with Crippen molar-refractivity contribution in [2.75, 3.05) is 10.6 Å². The number of ether oxygens (including phenoxy) is 1. The molecule has 2 N–H and O–H groups in total. The molecule has 1 aromatic heterocycles. The Hall–Kier alpha value is -3.14. The van der Waals surface area contributed by atoms with E-state index in [0.717, 1.165) is 41.6 Å². The molecule has 0 saturated carbocycles. The quantitative estimate of drug-likeness (QED) is 0.777. The second-order valence-electron chi connectivity index (χ2n) is 8.38. The zero-order valence-corrected chi connectivity index (χ0v) is 17.6. The van der Waals surface area contributed by atoms with Gasteiger partial charge in [-0.2, -0.15) is 10.4 Å². The summed E-state index contributed by atoms with van der Waals surface area (Å²) in [5.41, 5.74) is 4.62. The van der Waals surface area contributed by atoms with Gasteiger partial charge in [0.25, 0.3) is 0 Å². The van der Waals surface area contributed by atoms with Gasteiger partial charge in [0, 0.05) is 5.69 Å². The highest BCUT2D eigenvalue weighted by molar-refractivity contribution is 5.85. The molecule has 29 heavy (non-hydrogen) atoms. The number of rotatable bonds is 3. The van der Waals surface area contributed by atoms with Gasteiger partial charge in [0.2, 0.25) is 0 Å². The highest BCUT2D eigenvalue weighted by Crippen LogP contribution is 2.34. The molecule has 1 atom stereocenters. The number of anilines is 2. The largest absolute Gasteiger partial charge is 0.444 e. The monoisotopic (exact) mass is 393 g/mol. The Morgan fingerprint density at radius 3 is 2.72 bits per heavy atom. The molecule has 7 nitrogen and oxygen atoms in total. The topological polar surface area (TPSA) is 99.9 Å². The van der Waals surface area contributed by atoms with Gasteiger partial charge in [-0.1, -0.05) is 6.07 Å². The van der Waals surface area contributed by atoms with Crippen molar-refractivity contribution >= 4 is 17.6 Å². The second-order valence-corrected chi connectivity index (χ2v) is 8.38. The Morgan fingerprint density at radius 1 is 1.28 bits per heavy atom. The molecule has 1 aliphatic carbocycles. The van der Waals surface area contributed by atoms with Crippen LogP contribution in [0.15, 0.2) is 18.2 Å². The molecular weight excluding hydrogens is 366 g/mol. The van der Waals surface area contributed by atoms with Crippen molar-refractivity contribution < 1.29 is 9.53 Å². The minimum Gasteiger partial charge on any atom is -0.444 e. The van der Waals surface area contributed by atoms with Gasteiger partial charge in [0.1, 0.15) is 17.2 Å². The fourth-order valence-corrected chi connectivity index (χ4v) is 3.47. The van der Waals surface area contributed by atoms with Crippen molar-refractivity contribution in [3.05, 3.63) is 46.1 Å². The summed E-state index contributed by atoms with van der Waals surface area (Å²) in [6.07, 6.45) is 2.40. The molecule has 0 bridgehead atoms. The molecule has 1 amide bonds. The van der Waals surface area contributed by atoms with Crippen LogP contribution in [0.4, 0.5) is 16.3 Å². The number of amides is 1. The van der Waals surface area contributed by atoms with E-state index >= 15 is 0 Å². The minimum atomic E-state index is -0.543. The Morgan fingerprint density at radius 2 is 2.03 bits per heavy atom. The van der Waals surface area contributed by atoms with Crippen LogP contribution in [-0.4, -0.2) is 21.9 Å². The lowest BCUT2D eigenvalue weighted by atomic mass is 9.87. The van der Waals surface area contributed by atoms with Gasteiger partial charge >= 0.3 is 6.09 Å². The molecule has 7 heteroatoms. The van der Waals surface area contributed by atoms with Crippen LogP contribution in [0.3, 0.4) is 0 Å². The van der Waals surface area contributed by atoms with E-state index in [4.69, 9.17) is 4.74 Å². The molecule has 0 radical (unpaired) electrons. The molecular formula is C22H27N5O2. The van der Waals surface area contributed by atoms with Crippen LogP contribution in [0, 0.1) is 25.2 Å². The summed E-state index contributed by atoms with van der Waals surface area (Å²) in [4.78, 5) is 12.0. The molecule has 2 aromatic rings. The number of aryl methyl sites for hydroxylation is 2. The van der Waals surface area contributed by atoms with E-state index in [1.165, 1.54) is 0 Å². The van der Waals surface area contributed by atoms with Gasteiger partial charge in [-0.3, -0.25) is 5.32 Å². The smallest absolute Gasteiger partial charge is 0.412 e. The summed E-state index contributed by atoms with van der Waals surface area (Å²) in [5.74, 6) is 0.518. The first-order chi connectivity index (χ1) is 13.7. The Bertz CT molecular complexity index is 972. The number of carbonyl (C=O) groups excluding carboxylic acids is 1. The van der Waals surface area contributed by atoms with Crippen LogP contribution >= 0.6 is 0 Å². The van der Waals surface area contributed by atoms with Crippen LogP contribution in [0.25, 0.3) is 0 Å². The SMILES string of the molecule is Cc1nnc(NC2CCCc3cc(NC(=O)OC(C)(C)C)ccc32)c(C#N)c1C. The van der Waals surface area contributed by atoms with Crippen molar-refractivity contribution in [1.82, 2.24) is 10.2 Å². The molecule has 3 rings (SSSR count). The molecule has 1 aliphatic rings. The summed E-state index contributed by atoms with van der Waals surface area (Å²) >= 11 is 0. The van der Waals surface area contributed by atoms with E-state index in [2.05, 4.69) is 26.9 Å². The van der Waals surface area contributed by atoms with Gasteiger partial charge < -0.3 is 10.1 Å². The Balaban J connectivity index is 1.81. The van der Waals surface area contributed by atoms with E-state index < -0.39 is 11.7 Å². The maximum Gasteiger partial charge on any atom is 0.412 e. The molecule has 0 aliphatic heterocycles. The van der Waals surface area contributed by atoms with E-state index in [1.54, 1.807) is 0 Å². The number of hydrogen-bond donors (Lipinski definition) is 2. The average molecular weight is 393 g/mol. The predicted molar refractivity (Wildman–Crippen MR) is 112 cm³/mol. The number of nitrogens with one attached hydrogen (secondary N) is 2. The first kappa shape index (κ1) is 20.6. The highest BCUT2D eigenvalue weighted by atomic mass is 16.6. The van der Waals surface area contributed by atoms with Crippen LogP contribution in [0.2, 0.25) is 0 Å². The normalized spacial score (nSPS) is 15.8. The first-order valence-corrected chi connectivity index (χ1v) is 9.81. The number of hydrogen-bond acceptors (Lipinski definition) is 6. The lowest BCUT2D eigenvalue weighted by Crippen LogP contribution is -2.27. The van der Waals surface area contributed by atoms with E-state index in [-0.39, 0.29) is 6.04 Å². The summed E-state index contributed by atoms with van der Waals surface area (Å²) in [6, 6.07) is 8.16. The van der Waals surface area contributed by atoms with Crippen LogP contribution in [0.1, 0.15) is 67.6 Å². The van der Waals surface area contributed by atoms with Crippen molar-refractivity contribution in [1.29, 1.82) is 5.26 Å². The third-order valence-corrected chi connectivity index (χ3v) is 4.98. The number of nitrogens with zero attached hydrogens (tertiary/aromatic N) is 3. The second kappa shape index (κ2) is 8.08. The standard InChI is InChI=1S/C22H27N5O2/c1-13-14(2)26-27-20(18(13)12-23)25-19-8-6-7-15-11-16(9-10-17(15)19)24-21(28)29-22(3,4)5/h9-11,19H,6-8H2,1-5H3,(H,24,28)(H,25,27). The Labute approximate surface area is 171 Å². The molecule has 0 saturated heterocycles. The average Bonchev–Trinajstić information content (AvgIpc) is 2.63. The number of aromatic nitrogens is 2. The summed E-state index contributed by atoms with van der Waals surface area (Å²) < 4.78 is 5.32.